The van der Waals surface area contributed by atoms with Crippen LogP contribution in [0, 0.1) is 35.5 Å². The molecule has 14 heavy (non-hydrogen) atoms. The lowest BCUT2D eigenvalue weighted by molar-refractivity contribution is 0.178. The summed E-state index contributed by atoms with van der Waals surface area (Å²) in [4.78, 5) is 0. The van der Waals surface area contributed by atoms with E-state index in [1.54, 1.807) is 25.7 Å². The molecule has 5 aliphatic rings. The molecular weight excluding hydrogens is 168 g/mol. The van der Waals surface area contributed by atoms with E-state index in [4.69, 9.17) is 0 Å². The summed E-state index contributed by atoms with van der Waals surface area (Å²) in [5.41, 5.74) is 1.90. The molecule has 0 aromatic carbocycles. The molecule has 0 aliphatic heterocycles. The van der Waals surface area contributed by atoms with Crippen molar-refractivity contribution in [3.8, 4) is 0 Å². The van der Waals surface area contributed by atoms with Crippen LogP contribution in [-0.4, -0.2) is 0 Å². The van der Waals surface area contributed by atoms with Crippen LogP contribution in [0.25, 0.3) is 0 Å². The Morgan fingerprint density at radius 2 is 1.93 bits per heavy atom. The van der Waals surface area contributed by atoms with Crippen molar-refractivity contribution in [3.63, 3.8) is 0 Å². The molecular formula is C14H20. The second-order valence-corrected chi connectivity index (χ2v) is 6.42. The fraction of sp³-hybridized carbons (Fsp3) is 0.857. The van der Waals surface area contributed by atoms with Crippen LogP contribution in [0.15, 0.2) is 11.6 Å². The summed E-state index contributed by atoms with van der Waals surface area (Å²) in [5.74, 6) is 6.44. The minimum absolute atomic E-state index is 0.899. The van der Waals surface area contributed by atoms with Crippen molar-refractivity contribution >= 4 is 0 Å². The van der Waals surface area contributed by atoms with Gasteiger partial charge in [0.25, 0.3) is 0 Å². The van der Waals surface area contributed by atoms with Gasteiger partial charge in [-0.2, -0.15) is 0 Å². The first-order valence-electron chi connectivity index (χ1n) is 6.53. The number of hydrogen-bond donors (Lipinski definition) is 0. The van der Waals surface area contributed by atoms with E-state index in [9.17, 15) is 0 Å². The smallest absolute Gasteiger partial charge is 0.0164 e. The van der Waals surface area contributed by atoms with Gasteiger partial charge in [-0.25, -0.2) is 0 Å². The SMILES string of the molecule is CC1C=C2C(C1)CC2C1CC2CC1C2. The Kier molecular flexibility index (Phi) is 1.40. The standard InChI is InChI=1S/C14H20/c1-8-2-10-7-14(12(10)3-8)13-6-9-4-11(13)5-9/h3,8-11,13-14H,2,4-7H2,1H3. The first kappa shape index (κ1) is 7.96. The zero-order valence-electron chi connectivity index (χ0n) is 9.08. The first-order chi connectivity index (χ1) is 6.81. The van der Waals surface area contributed by atoms with Crippen molar-refractivity contribution < 1.29 is 0 Å². The monoisotopic (exact) mass is 188 g/mol. The zero-order chi connectivity index (χ0) is 9.28. The molecule has 0 N–H and O–H groups in total. The van der Waals surface area contributed by atoms with Gasteiger partial charge < -0.3 is 0 Å². The van der Waals surface area contributed by atoms with Crippen LogP contribution in [0.4, 0.5) is 0 Å². The third-order valence-corrected chi connectivity index (χ3v) is 5.57. The van der Waals surface area contributed by atoms with E-state index < -0.39 is 0 Å². The van der Waals surface area contributed by atoms with Crippen LogP contribution in [0.5, 0.6) is 0 Å². The Labute approximate surface area is 86.8 Å². The average Bonchev–Trinajstić information content (AvgIpc) is 2.69. The predicted octanol–water partition coefficient (Wildman–Crippen LogP) is 3.63. The fourth-order valence-corrected chi connectivity index (χ4v) is 4.88. The van der Waals surface area contributed by atoms with Crippen molar-refractivity contribution in [1.82, 2.24) is 0 Å². The third kappa shape index (κ3) is 0.857. The molecule has 0 radical (unpaired) electrons. The van der Waals surface area contributed by atoms with Gasteiger partial charge >= 0.3 is 0 Å². The Morgan fingerprint density at radius 1 is 1.07 bits per heavy atom. The Balaban J connectivity index is 1.55. The van der Waals surface area contributed by atoms with Gasteiger partial charge in [-0.3, -0.25) is 0 Å². The highest BCUT2D eigenvalue weighted by Crippen LogP contribution is 2.62. The van der Waals surface area contributed by atoms with Gasteiger partial charge in [0.05, 0.1) is 0 Å². The van der Waals surface area contributed by atoms with E-state index in [2.05, 4.69) is 13.0 Å². The quantitative estimate of drug-likeness (QED) is 0.551. The molecule has 2 bridgehead atoms. The first-order valence-corrected chi connectivity index (χ1v) is 6.53. The van der Waals surface area contributed by atoms with Gasteiger partial charge in [0.2, 0.25) is 0 Å². The van der Waals surface area contributed by atoms with E-state index in [1.807, 2.05) is 5.57 Å². The van der Waals surface area contributed by atoms with Gasteiger partial charge in [-0.1, -0.05) is 18.6 Å². The summed E-state index contributed by atoms with van der Waals surface area (Å²) in [7, 11) is 0. The van der Waals surface area contributed by atoms with Crippen LogP contribution in [0.1, 0.15) is 39.0 Å². The van der Waals surface area contributed by atoms with Crippen molar-refractivity contribution in [2.24, 2.45) is 35.5 Å². The zero-order valence-corrected chi connectivity index (χ0v) is 9.08. The topological polar surface area (TPSA) is 0 Å². The number of fused-ring (bicyclic) bond motifs is 2. The molecule has 0 saturated heterocycles. The Hall–Kier alpha value is -0.260. The molecule has 4 fully saturated rings. The van der Waals surface area contributed by atoms with E-state index in [0.29, 0.717) is 0 Å². The van der Waals surface area contributed by atoms with Gasteiger partial charge in [0, 0.05) is 0 Å². The molecule has 4 saturated carbocycles. The van der Waals surface area contributed by atoms with Gasteiger partial charge in [0.1, 0.15) is 0 Å². The molecule has 5 rings (SSSR count). The summed E-state index contributed by atoms with van der Waals surface area (Å²) in [5, 5.41) is 0. The summed E-state index contributed by atoms with van der Waals surface area (Å²) in [6.07, 6.45) is 10.4. The highest BCUT2D eigenvalue weighted by molar-refractivity contribution is 5.28. The molecule has 0 heterocycles. The van der Waals surface area contributed by atoms with E-state index in [0.717, 1.165) is 35.5 Å². The summed E-state index contributed by atoms with van der Waals surface area (Å²) < 4.78 is 0. The summed E-state index contributed by atoms with van der Waals surface area (Å²) >= 11 is 0. The lowest BCUT2D eigenvalue weighted by Gasteiger charge is -2.42. The van der Waals surface area contributed by atoms with Crippen molar-refractivity contribution in [2.75, 3.05) is 0 Å². The Morgan fingerprint density at radius 3 is 2.57 bits per heavy atom. The van der Waals surface area contributed by atoms with Crippen LogP contribution in [0.3, 0.4) is 0 Å². The molecule has 4 atom stereocenters. The minimum Gasteiger partial charge on any atom is -0.0819 e. The highest BCUT2D eigenvalue weighted by Gasteiger charge is 2.52. The molecule has 76 valence electrons. The molecule has 0 nitrogen and oxygen atoms in total. The largest absolute Gasteiger partial charge is 0.0819 e. The van der Waals surface area contributed by atoms with Crippen molar-refractivity contribution in [3.05, 3.63) is 11.6 Å². The van der Waals surface area contributed by atoms with Crippen molar-refractivity contribution in [1.29, 1.82) is 0 Å². The van der Waals surface area contributed by atoms with Gasteiger partial charge in [-0.05, 0) is 67.6 Å². The normalized spacial score (nSPS) is 58.8. The lowest BCUT2D eigenvalue weighted by Crippen LogP contribution is -2.32. The lowest BCUT2D eigenvalue weighted by atomic mass is 9.63. The molecule has 0 heteroatoms. The predicted molar refractivity (Wildman–Crippen MR) is 57.8 cm³/mol. The molecule has 0 aromatic heterocycles. The number of hydrogen-bond acceptors (Lipinski definition) is 0. The van der Waals surface area contributed by atoms with E-state index >= 15 is 0 Å². The van der Waals surface area contributed by atoms with Crippen LogP contribution in [-0.2, 0) is 0 Å². The van der Waals surface area contributed by atoms with Crippen molar-refractivity contribution in [2.45, 2.75) is 39.0 Å². The van der Waals surface area contributed by atoms with Crippen LogP contribution >= 0.6 is 0 Å². The molecule has 0 amide bonds. The highest BCUT2D eigenvalue weighted by atomic mass is 14.6. The molecule has 4 unspecified atom stereocenters. The maximum atomic E-state index is 2.62. The average molecular weight is 188 g/mol. The Bertz CT molecular complexity index is 295. The van der Waals surface area contributed by atoms with Crippen LogP contribution < -0.4 is 0 Å². The second kappa shape index (κ2) is 2.46. The maximum Gasteiger partial charge on any atom is -0.0164 e. The summed E-state index contributed by atoms with van der Waals surface area (Å²) in [6, 6.07) is 0. The fourth-order valence-electron chi connectivity index (χ4n) is 4.88. The minimum atomic E-state index is 0.899. The van der Waals surface area contributed by atoms with E-state index in [-0.39, 0.29) is 0 Å². The maximum absolute atomic E-state index is 2.62. The second-order valence-electron chi connectivity index (χ2n) is 6.42. The van der Waals surface area contributed by atoms with Gasteiger partial charge in [-0.15, -0.1) is 0 Å². The number of rotatable bonds is 1. The van der Waals surface area contributed by atoms with Gasteiger partial charge in [0.15, 0.2) is 0 Å². The van der Waals surface area contributed by atoms with Crippen LogP contribution in [0.2, 0.25) is 0 Å². The molecule has 0 aromatic rings. The summed E-state index contributed by atoms with van der Waals surface area (Å²) in [6.45, 7) is 2.40. The number of allylic oxidation sites excluding steroid dienone is 2. The third-order valence-electron chi connectivity index (χ3n) is 5.57. The molecule has 5 aliphatic carbocycles. The molecule has 0 spiro atoms. The van der Waals surface area contributed by atoms with E-state index in [1.165, 1.54) is 6.42 Å².